The molecule has 2 aliphatic heterocycles. The van der Waals surface area contributed by atoms with Crippen molar-refractivity contribution in [3.05, 3.63) is 22.2 Å². The fourth-order valence-corrected chi connectivity index (χ4v) is 3.31. The smallest absolute Gasteiger partial charge is 0.260 e. The maximum absolute atomic E-state index is 12.2. The SMILES string of the molecule is O=C(COc1cc(OCC(=O)N2CCOCC2)c(Cl)cc1Cl)N1CCOCC1. The molecule has 1 aromatic rings. The lowest BCUT2D eigenvalue weighted by Gasteiger charge is -2.27. The first-order valence-corrected chi connectivity index (χ1v) is 9.76. The average molecular weight is 433 g/mol. The van der Waals surface area contributed by atoms with Gasteiger partial charge in [-0.1, -0.05) is 23.2 Å². The minimum absolute atomic E-state index is 0.153. The van der Waals surface area contributed by atoms with Crippen molar-refractivity contribution in [2.45, 2.75) is 0 Å². The average Bonchev–Trinajstić information content (AvgIpc) is 2.73. The summed E-state index contributed by atoms with van der Waals surface area (Å²) in [7, 11) is 0. The fraction of sp³-hybridized carbons (Fsp3) is 0.556. The van der Waals surface area contributed by atoms with Gasteiger partial charge in [0.15, 0.2) is 13.2 Å². The molecular weight excluding hydrogens is 411 g/mol. The molecule has 154 valence electrons. The predicted molar refractivity (Wildman–Crippen MR) is 102 cm³/mol. The molecule has 8 nitrogen and oxygen atoms in total. The maximum atomic E-state index is 12.2. The molecule has 2 heterocycles. The Hall–Kier alpha value is -1.74. The highest BCUT2D eigenvalue weighted by atomic mass is 35.5. The number of hydrogen-bond acceptors (Lipinski definition) is 6. The summed E-state index contributed by atoms with van der Waals surface area (Å²) in [5.41, 5.74) is 0. The van der Waals surface area contributed by atoms with Crippen LogP contribution in [0.5, 0.6) is 11.5 Å². The zero-order valence-electron chi connectivity index (χ0n) is 15.3. The van der Waals surface area contributed by atoms with E-state index in [2.05, 4.69) is 0 Å². The molecule has 0 aliphatic carbocycles. The van der Waals surface area contributed by atoms with E-state index in [1.165, 1.54) is 12.1 Å². The van der Waals surface area contributed by atoms with Gasteiger partial charge in [-0.15, -0.1) is 0 Å². The van der Waals surface area contributed by atoms with Gasteiger partial charge in [-0.25, -0.2) is 0 Å². The van der Waals surface area contributed by atoms with Crippen LogP contribution >= 0.6 is 23.2 Å². The van der Waals surface area contributed by atoms with Crippen LogP contribution < -0.4 is 9.47 Å². The van der Waals surface area contributed by atoms with E-state index in [9.17, 15) is 9.59 Å². The second-order valence-corrected chi connectivity index (χ2v) is 7.09. The number of morpholine rings is 2. The van der Waals surface area contributed by atoms with E-state index >= 15 is 0 Å². The Kier molecular flexibility index (Phi) is 7.61. The number of hydrogen-bond donors (Lipinski definition) is 0. The standard InChI is InChI=1S/C18H22Cl2N2O6/c19-13-9-14(20)16(28-12-18(24)22-3-7-26-8-4-22)10-15(13)27-11-17(23)21-1-5-25-6-2-21/h9-10H,1-8,11-12H2. The van der Waals surface area contributed by atoms with Crippen molar-refractivity contribution in [1.82, 2.24) is 9.80 Å². The topological polar surface area (TPSA) is 77.5 Å². The molecule has 2 fully saturated rings. The van der Waals surface area contributed by atoms with E-state index in [1.807, 2.05) is 0 Å². The number of rotatable bonds is 6. The molecule has 2 amide bonds. The highest BCUT2D eigenvalue weighted by molar-refractivity contribution is 6.36. The zero-order chi connectivity index (χ0) is 19.9. The molecule has 0 atom stereocenters. The Balaban J connectivity index is 1.56. The number of amides is 2. The van der Waals surface area contributed by atoms with Crippen molar-refractivity contribution in [2.75, 3.05) is 65.8 Å². The summed E-state index contributed by atoms with van der Waals surface area (Å²) < 4.78 is 21.6. The van der Waals surface area contributed by atoms with Crippen molar-refractivity contribution in [3.63, 3.8) is 0 Å². The summed E-state index contributed by atoms with van der Waals surface area (Å²) in [4.78, 5) is 27.8. The van der Waals surface area contributed by atoms with Crippen LogP contribution in [0, 0.1) is 0 Å². The summed E-state index contributed by atoms with van der Waals surface area (Å²) in [6.45, 7) is 3.89. The Morgan fingerprint density at radius 2 is 1.18 bits per heavy atom. The van der Waals surface area contributed by atoms with Gasteiger partial charge >= 0.3 is 0 Å². The van der Waals surface area contributed by atoms with Crippen LogP contribution in [0.15, 0.2) is 12.1 Å². The van der Waals surface area contributed by atoms with Crippen molar-refractivity contribution in [2.24, 2.45) is 0 Å². The summed E-state index contributed by atoms with van der Waals surface area (Å²) in [5, 5.41) is 0.512. The van der Waals surface area contributed by atoms with Crippen LogP contribution in [0.3, 0.4) is 0 Å². The van der Waals surface area contributed by atoms with Gasteiger partial charge in [0.05, 0.1) is 36.5 Å². The number of carbonyl (C=O) groups is 2. The molecule has 3 rings (SSSR count). The van der Waals surface area contributed by atoms with Gasteiger partial charge in [0, 0.05) is 32.2 Å². The van der Waals surface area contributed by atoms with E-state index < -0.39 is 0 Å². The molecule has 0 saturated carbocycles. The first-order chi connectivity index (χ1) is 13.5. The normalized spacial score (nSPS) is 17.4. The highest BCUT2D eigenvalue weighted by Gasteiger charge is 2.20. The van der Waals surface area contributed by atoms with Crippen LogP contribution in [-0.4, -0.2) is 87.4 Å². The monoisotopic (exact) mass is 432 g/mol. The Morgan fingerprint density at radius 1 is 0.786 bits per heavy atom. The minimum atomic E-state index is -0.159. The fourth-order valence-electron chi connectivity index (χ4n) is 2.82. The van der Waals surface area contributed by atoms with Crippen molar-refractivity contribution < 1.29 is 28.5 Å². The third kappa shape index (κ3) is 5.64. The number of benzene rings is 1. The third-order valence-electron chi connectivity index (χ3n) is 4.42. The number of carbonyl (C=O) groups excluding carboxylic acids is 2. The number of halogens is 2. The molecule has 0 bridgehead atoms. The van der Waals surface area contributed by atoms with E-state index in [0.717, 1.165) is 0 Å². The van der Waals surface area contributed by atoms with E-state index in [1.54, 1.807) is 9.80 Å². The molecule has 2 saturated heterocycles. The summed E-state index contributed by atoms with van der Waals surface area (Å²) in [6, 6.07) is 2.95. The number of ether oxygens (including phenoxy) is 4. The second-order valence-electron chi connectivity index (χ2n) is 6.28. The van der Waals surface area contributed by atoms with Crippen molar-refractivity contribution in [1.29, 1.82) is 0 Å². The lowest BCUT2D eigenvalue weighted by molar-refractivity contribution is -0.137. The van der Waals surface area contributed by atoms with E-state index in [0.29, 0.717) is 52.6 Å². The molecule has 0 unspecified atom stereocenters. The zero-order valence-corrected chi connectivity index (χ0v) is 16.8. The molecule has 0 N–H and O–H groups in total. The summed E-state index contributed by atoms with van der Waals surface area (Å²) in [5.74, 6) is 0.224. The summed E-state index contributed by atoms with van der Waals surface area (Å²) in [6.07, 6.45) is 0. The van der Waals surface area contributed by atoms with Gasteiger partial charge in [-0.05, 0) is 6.07 Å². The van der Waals surface area contributed by atoms with Gasteiger partial charge in [0.25, 0.3) is 11.8 Å². The molecule has 2 aliphatic rings. The molecular formula is C18H22Cl2N2O6. The van der Waals surface area contributed by atoms with Crippen molar-refractivity contribution in [3.8, 4) is 11.5 Å². The Labute approximate surface area is 173 Å². The van der Waals surface area contributed by atoms with Crippen molar-refractivity contribution >= 4 is 35.0 Å². The Morgan fingerprint density at radius 3 is 1.57 bits per heavy atom. The molecule has 0 radical (unpaired) electrons. The molecule has 1 aromatic carbocycles. The van der Waals surface area contributed by atoms with Crippen LogP contribution in [-0.2, 0) is 19.1 Å². The lowest BCUT2D eigenvalue weighted by Crippen LogP contribution is -2.43. The van der Waals surface area contributed by atoms with Gasteiger partial charge in [0.2, 0.25) is 0 Å². The van der Waals surface area contributed by atoms with Gasteiger partial charge in [-0.2, -0.15) is 0 Å². The van der Waals surface area contributed by atoms with Crippen LogP contribution in [0.4, 0.5) is 0 Å². The lowest BCUT2D eigenvalue weighted by atomic mass is 10.3. The summed E-state index contributed by atoms with van der Waals surface area (Å²) >= 11 is 12.3. The second kappa shape index (κ2) is 10.2. The third-order valence-corrected chi connectivity index (χ3v) is 5.01. The Bertz CT molecular complexity index is 650. The quantitative estimate of drug-likeness (QED) is 0.677. The molecule has 0 aromatic heterocycles. The van der Waals surface area contributed by atoms with E-state index in [-0.39, 0.29) is 46.6 Å². The molecule has 28 heavy (non-hydrogen) atoms. The van der Waals surface area contributed by atoms with Crippen LogP contribution in [0.25, 0.3) is 0 Å². The van der Waals surface area contributed by atoms with E-state index in [4.69, 9.17) is 42.1 Å². The number of nitrogens with zero attached hydrogens (tertiary/aromatic N) is 2. The largest absolute Gasteiger partial charge is 0.482 e. The van der Waals surface area contributed by atoms with Crippen LogP contribution in [0.2, 0.25) is 10.0 Å². The first kappa shape index (κ1) is 21.0. The predicted octanol–water partition coefficient (Wildman–Crippen LogP) is 1.47. The van der Waals surface area contributed by atoms with Gasteiger partial charge in [-0.3, -0.25) is 9.59 Å². The van der Waals surface area contributed by atoms with Crippen LogP contribution in [0.1, 0.15) is 0 Å². The van der Waals surface area contributed by atoms with Gasteiger partial charge < -0.3 is 28.7 Å². The highest BCUT2D eigenvalue weighted by Crippen LogP contribution is 2.36. The maximum Gasteiger partial charge on any atom is 0.260 e. The molecule has 0 spiro atoms. The minimum Gasteiger partial charge on any atom is -0.482 e. The molecule has 10 heteroatoms. The van der Waals surface area contributed by atoms with Gasteiger partial charge in [0.1, 0.15) is 11.5 Å². The first-order valence-electron chi connectivity index (χ1n) is 9.00.